The maximum absolute atomic E-state index is 6.62. The summed E-state index contributed by atoms with van der Waals surface area (Å²) in [4.78, 5) is 0. The van der Waals surface area contributed by atoms with Crippen LogP contribution in [0.25, 0.3) is 0 Å². The van der Waals surface area contributed by atoms with Crippen molar-refractivity contribution in [3.8, 4) is 11.5 Å². The number of rotatable bonds is 2. The van der Waals surface area contributed by atoms with Gasteiger partial charge in [-0.2, -0.15) is 0 Å². The molecule has 1 aliphatic carbocycles. The Labute approximate surface area is 119 Å². The Morgan fingerprint density at radius 3 is 2.63 bits per heavy atom. The van der Waals surface area contributed by atoms with E-state index >= 15 is 0 Å². The molecule has 3 rings (SSSR count). The lowest BCUT2D eigenvalue weighted by Crippen LogP contribution is -2.33. The van der Waals surface area contributed by atoms with Crippen LogP contribution in [0.4, 0.5) is 0 Å². The Bertz CT molecular complexity index is 495. The minimum atomic E-state index is 0.0248. The van der Waals surface area contributed by atoms with E-state index in [1.165, 1.54) is 24.0 Å². The number of hydrogen-bond donors (Lipinski definition) is 1. The number of halogens is 1. The van der Waals surface area contributed by atoms with Crippen molar-refractivity contribution < 1.29 is 9.47 Å². The van der Waals surface area contributed by atoms with E-state index in [2.05, 4.69) is 6.92 Å². The molecule has 104 valence electrons. The Balaban J connectivity index is 2.15. The molecule has 0 aromatic heterocycles. The third kappa shape index (κ3) is 2.00. The van der Waals surface area contributed by atoms with Crippen molar-refractivity contribution in [1.82, 2.24) is 0 Å². The second kappa shape index (κ2) is 4.88. The lowest BCUT2D eigenvalue weighted by Gasteiger charge is -2.32. The van der Waals surface area contributed by atoms with Crippen LogP contribution in [-0.2, 0) is 5.41 Å². The van der Waals surface area contributed by atoms with Gasteiger partial charge in [-0.05, 0) is 37.0 Å². The van der Waals surface area contributed by atoms with Crippen molar-refractivity contribution in [2.24, 2.45) is 5.73 Å². The summed E-state index contributed by atoms with van der Waals surface area (Å²) >= 11 is 6.62. The molecule has 2 N–H and O–H groups in total. The topological polar surface area (TPSA) is 44.5 Å². The number of aryl methyl sites for hydroxylation is 1. The molecule has 0 spiro atoms. The van der Waals surface area contributed by atoms with E-state index in [9.17, 15) is 0 Å². The molecule has 0 saturated heterocycles. The van der Waals surface area contributed by atoms with Gasteiger partial charge >= 0.3 is 0 Å². The first kappa shape index (κ1) is 13.1. The monoisotopic (exact) mass is 281 g/mol. The quantitative estimate of drug-likeness (QED) is 0.905. The van der Waals surface area contributed by atoms with Crippen LogP contribution in [-0.4, -0.2) is 19.8 Å². The molecule has 0 bridgehead atoms. The van der Waals surface area contributed by atoms with Crippen LogP contribution in [0.3, 0.4) is 0 Å². The van der Waals surface area contributed by atoms with Gasteiger partial charge in [0.05, 0.1) is 5.02 Å². The normalized spacial score (nSPS) is 20.6. The van der Waals surface area contributed by atoms with Gasteiger partial charge in [0.1, 0.15) is 13.2 Å². The maximum atomic E-state index is 6.62. The smallest absolute Gasteiger partial charge is 0.180 e. The summed E-state index contributed by atoms with van der Waals surface area (Å²) in [7, 11) is 0. The van der Waals surface area contributed by atoms with E-state index < -0.39 is 0 Å². The van der Waals surface area contributed by atoms with Crippen LogP contribution < -0.4 is 15.2 Å². The zero-order chi connectivity index (χ0) is 13.5. The Kier molecular flexibility index (Phi) is 3.35. The highest BCUT2D eigenvalue weighted by atomic mass is 35.5. The lowest BCUT2D eigenvalue weighted by molar-refractivity contribution is 0.171. The Hall–Kier alpha value is -0.930. The molecule has 3 nitrogen and oxygen atoms in total. The van der Waals surface area contributed by atoms with Crippen molar-refractivity contribution in [3.63, 3.8) is 0 Å². The van der Waals surface area contributed by atoms with Crippen LogP contribution in [0.2, 0.25) is 5.02 Å². The van der Waals surface area contributed by atoms with E-state index in [4.69, 9.17) is 26.8 Å². The number of ether oxygens (including phenoxy) is 2. The number of benzene rings is 1. The molecule has 0 radical (unpaired) electrons. The summed E-state index contributed by atoms with van der Waals surface area (Å²) in [5, 5.41) is 0.710. The summed E-state index contributed by atoms with van der Waals surface area (Å²) in [5.74, 6) is 1.47. The van der Waals surface area contributed by atoms with Crippen LogP contribution in [0.5, 0.6) is 11.5 Å². The van der Waals surface area contributed by atoms with Gasteiger partial charge in [-0.1, -0.05) is 24.4 Å². The molecule has 2 aliphatic rings. The van der Waals surface area contributed by atoms with Crippen LogP contribution >= 0.6 is 11.6 Å². The Morgan fingerprint density at radius 2 is 1.95 bits per heavy atom. The van der Waals surface area contributed by atoms with Crippen molar-refractivity contribution in [1.29, 1.82) is 0 Å². The highest BCUT2D eigenvalue weighted by molar-refractivity contribution is 6.33. The van der Waals surface area contributed by atoms with Gasteiger partial charge in [0.2, 0.25) is 0 Å². The molecule has 0 atom stereocenters. The third-order valence-electron chi connectivity index (χ3n) is 4.45. The Morgan fingerprint density at radius 1 is 1.26 bits per heavy atom. The van der Waals surface area contributed by atoms with Gasteiger partial charge in [0, 0.05) is 12.0 Å². The highest BCUT2D eigenvalue weighted by Gasteiger charge is 2.39. The van der Waals surface area contributed by atoms with Gasteiger partial charge in [-0.25, -0.2) is 0 Å². The van der Waals surface area contributed by atoms with Crippen LogP contribution in [0.1, 0.15) is 36.8 Å². The zero-order valence-electron chi connectivity index (χ0n) is 11.3. The predicted octanol–water partition coefficient (Wildman–Crippen LogP) is 3.19. The van der Waals surface area contributed by atoms with Gasteiger partial charge in [0.25, 0.3) is 0 Å². The van der Waals surface area contributed by atoms with Crippen molar-refractivity contribution >= 4 is 11.6 Å². The number of nitrogens with two attached hydrogens (primary N) is 1. The van der Waals surface area contributed by atoms with Crippen LogP contribution in [0.15, 0.2) is 6.07 Å². The summed E-state index contributed by atoms with van der Waals surface area (Å²) in [6, 6.07) is 2.05. The van der Waals surface area contributed by atoms with Crippen molar-refractivity contribution in [2.75, 3.05) is 19.8 Å². The fourth-order valence-corrected chi connectivity index (χ4v) is 4.02. The summed E-state index contributed by atoms with van der Waals surface area (Å²) in [5.41, 5.74) is 8.46. The third-order valence-corrected chi connectivity index (χ3v) is 4.81. The van der Waals surface area contributed by atoms with E-state index in [-0.39, 0.29) is 5.41 Å². The van der Waals surface area contributed by atoms with E-state index in [0.29, 0.717) is 30.5 Å². The van der Waals surface area contributed by atoms with Gasteiger partial charge in [-0.3, -0.25) is 0 Å². The first-order valence-corrected chi connectivity index (χ1v) is 7.35. The lowest BCUT2D eigenvalue weighted by atomic mass is 9.76. The molecule has 1 aromatic carbocycles. The van der Waals surface area contributed by atoms with Crippen molar-refractivity contribution in [3.05, 3.63) is 22.2 Å². The molecule has 1 heterocycles. The van der Waals surface area contributed by atoms with Gasteiger partial charge < -0.3 is 15.2 Å². The largest absolute Gasteiger partial charge is 0.486 e. The molecular formula is C15H20ClNO2. The molecular weight excluding hydrogens is 262 g/mol. The minimum absolute atomic E-state index is 0.0248. The highest BCUT2D eigenvalue weighted by Crippen LogP contribution is 2.50. The molecule has 0 unspecified atom stereocenters. The molecule has 1 aromatic rings. The fourth-order valence-electron chi connectivity index (χ4n) is 3.53. The zero-order valence-corrected chi connectivity index (χ0v) is 12.1. The predicted molar refractivity (Wildman–Crippen MR) is 76.4 cm³/mol. The SMILES string of the molecule is Cc1cc2c(c(Cl)c1C1(CN)CCCC1)OCCO2. The minimum Gasteiger partial charge on any atom is -0.486 e. The summed E-state index contributed by atoms with van der Waals surface area (Å²) in [6.45, 7) is 3.89. The molecule has 1 aliphatic heterocycles. The average Bonchev–Trinajstić information content (AvgIpc) is 2.88. The van der Waals surface area contributed by atoms with Crippen molar-refractivity contribution in [2.45, 2.75) is 38.0 Å². The maximum Gasteiger partial charge on any atom is 0.180 e. The van der Waals surface area contributed by atoms with Gasteiger partial charge in [-0.15, -0.1) is 0 Å². The molecule has 19 heavy (non-hydrogen) atoms. The van der Waals surface area contributed by atoms with E-state index in [1.807, 2.05) is 6.07 Å². The molecule has 1 fully saturated rings. The second-order valence-corrected chi connectivity index (χ2v) is 5.98. The summed E-state index contributed by atoms with van der Waals surface area (Å²) < 4.78 is 11.3. The fraction of sp³-hybridized carbons (Fsp3) is 0.600. The van der Waals surface area contributed by atoms with Gasteiger partial charge in [0.15, 0.2) is 11.5 Å². The summed E-state index contributed by atoms with van der Waals surface area (Å²) in [6.07, 6.45) is 4.68. The van der Waals surface area contributed by atoms with Crippen LogP contribution in [0, 0.1) is 6.92 Å². The molecule has 1 saturated carbocycles. The second-order valence-electron chi connectivity index (χ2n) is 5.60. The first-order valence-electron chi connectivity index (χ1n) is 6.97. The number of fused-ring (bicyclic) bond motifs is 1. The number of hydrogen-bond acceptors (Lipinski definition) is 3. The molecule has 0 amide bonds. The van der Waals surface area contributed by atoms with E-state index in [0.717, 1.165) is 18.6 Å². The average molecular weight is 282 g/mol. The molecule has 4 heteroatoms. The van der Waals surface area contributed by atoms with E-state index in [1.54, 1.807) is 0 Å². The standard InChI is InChI=1S/C15H20ClNO2/c1-10-8-11-14(19-7-6-18-11)13(16)12(10)15(9-17)4-2-3-5-15/h8H,2-7,9,17H2,1H3. The first-order chi connectivity index (χ1) is 9.18.